The Morgan fingerprint density at radius 2 is 1.20 bits per heavy atom. The number of rotatable bonds is 6. The topological polar surface area (TPSA) is 102 Å². The average molecular weight is 356 g/mol. The van der Waals surface area contributed by atoms with Crippen LogP contribution < -0.4 is 0 Å². The highest BCUT2D eigenvalue weighted by molar-refractivity contribution is 5.77. The van der Waals surface area contributed by atoms with Gasteiger partial charge in [-0.2, -0.15) is 0 Å². The van der Waals surface area contributed by atoms with Crippen molar-refractivity contribution in [2.45, 2.75) is 65.6 Å². The van der Waals surface area contributed by atoms with Gasteiger partial charge in [0, 0.05) is 0 Å². The third-order valence-electron chi connectivity index (χ3n) is 2.55. The molecule has 2 N–H and O–H groups in total. The van der Waals surface area contributed by atoms with E-state index in [0.717, 1.165) is 25.7 Å². The lowest BCUT2D eigenvalue weighted by atomic mass is 10.2. The highest BCUT2D eigenvalue weighted by Crippen LogP contribution is 2.05. The Morgan fingerprint density at radius 3 is 1.48 bits per heavy atom. The molecule has 0 aliphatic heterocycles. The molecule has 0 spiro atoms. The molecule has 0 rings (SSSR count). The van der Waals surface area contributed by atoms with Gasteiger partial charge in [-0.3, -0.25) is 0 Å². The van der Waals surface area contributed by atoms with E-state index in [9.17, 15) is 9.59 Å². The Kier molecular flexibility index (Phi) is 18.1. The van der Waals surface area contributed by atoms with Gasteiger partial charge in [-0.25, -0.2) is 9.59 Å². The molecule has 7 heteroatoms. The van der Waals surface area contributed by atoms with Crippen LogP contribution in [0.1, 0.15) is 53.4 Å². The summed E-state index contributed by atoms with van der Waals surface area (Å²) in [6, 6.07) is 0. The largest absolute Gasteiger partial charge is 0.518 e. The van der Waals surface area contributed by atoms with E-state index in [4.69, 9.17) is 19.7 Å². The van der Waals surface area contributed by atoms with Crippen LogP contribution in [0, 0.1) is 23.7 Å². The molecule has 142 valence electrons. The first-order chi connectivity index (χ1) is 11.9. The van der Waals surface area contributed by atoms with Crippen LogP contribution in [0.15, 0.2) is 0 Å². The molecule has 25 heavy (non-hydrogen) atoms. The Morgan fingerprint density at radius 1 is 0.840 bits per heavy atom. The summed E-state index contributed by atoms with van der Waals surface area (Å²) in [4.78, 5) is 22.3. The van der Waals surface area contributed by atoms with Crippen molar-refractivity contribution in [3.63, 3.8) is 0 Å². The van der Waals surface area contributed by atoms with E-state index >= 15 is 0 Å². The molecular weight excluding hydrogens is 328 g/mol. The number of aliphatic hydroxyl groups excluding tert-OH is 2. The van der Waals surface area contributed by atoms with E-state index in [2.05, 4.69) is 28.4 Å². The molecule has 0 heterocycles. The molecule has 2 atom stereocenters. The minimum atomic E-state index is -1.00. The lowest BCUT2D eigenvalue weighted by molar-refractivity contribution is 0.00531. The number of ether oxygens (including phenoxy) is 3. The lowest BCUT2D eigenvalue weighted by Crippen LogP contribution is -2.22. The molecule has 0 fully saturated rings. The van der Waals surface area contributed by atoms with Gasteiger partial charge in [-0.1, -0.05) is 38.5 Å². The third kappa shape index (κ3) is 19.7. The molecule has 0 saturated heterocycles. The molecule has 7 nitrogen and oxygen atoms in total. The molecule has 0 aliphatic carbocycles. The molecule has 0 amide bonds. The fourth-order valence-electron chi connectivity index (χ4n) is 1.54. The zero-order chi connectivity index (χ0) is 19.5. The van der Waals surface area contributed by atoms with Gasteiger partial charge in [0.15, 0.2) is 0 Å². The summed E-state index contributed by atoms with van der Waals surface area (Å²) >= 11 is 0. The average Bonchev–Trinajstić information content (AvgIpc) is 2.52. The van der Waals surface area contributed by atoms with Gasteiger partial charge >= 0.3 is 12.3 Å². The van der Waals surface area contributed by atoms with Crippen molar-refractivity contribution in [1.29, 1.82) is 0 Å². The fourth-order valence-corrected chi connectivity index (χ4v) is 1.54. The van der Waals surface area contributed by atoms with E-state index in [1.165, 1.54) is 0 Å². The zero-order valence-corrected chi connectivity index (χ0v) is 15.3. The highest BCUT2D eigenvalue weighted by Gasteiger charge is 2.17. The summed E-state index contributed by atoms with van der Waals surface area (Å²) in [5.41, 5.74) is 0. The van der Waals surface area contributed by atoms with Crippen LogP contribution in [-0.4, -0.2) is 47.9 Å². The number of hydrogen-bond acceptors (Lipinski definition) is 7. The zero-order valence-electron chi connectivity index (χ0n) is 15.3. The predicted octanol–water partition coefficient (Wildman–Crippen LogP) is 2.63. The van der Waals surface area contributed by atoms with E-state index in [1.807, 2.05) is 13.8 Å². The molecule has 0 aromatic rings. The lowest BCUT2D eigenvalue weighted by Gasteiger charge is -2.13. The van der Waals surface area contributed by atoms with E-state index < -0.39 is 12.3 Å². The number of carbonyl (C=O) groups is 2. The summed E-state index contributed by atoms with van der Waals surface area (Å²) in [5.74, 6) is 9.24. The van der Waals surface area contributed by atoms with Crippen LogP contribution in [0.2, 0.25) is 0 Å². The monoisotopic (exact) mass is 356 g/mol. The van der Waals surface area contributed by atoms with Crippen LogP contribution in [0.4, 0.5) is 9.59 Å². The first-order valence-corrected chi connectivity index (χ1v) is 8.17. The molecule has 0 aliphatic rings. The second kappa shape index (κ2) is 18.1. The van der Waals surface area contributed by atoms with Crippen molar-refractivity contribution in [2.75, 3.05) is 13.2 Å². The third-order valence-corrected chi connectivity index (χ3v) is 2.55. The maximum atomic E-state index is 11.1. The van der Waals surface area contributed by atoms with E-state index in [1.54, 1.807) is 13.8 Å². The van der Waals surface area contributed by atoms with Gasteiger partial charge in [0.25, 0.3) is 0 Å². The summed E-state index contributed by atoms with van der Waals surface area (Å²) in [7, 11) is 0. The molecule has 0 bridgehead atoms. The van der Waals surface area contributed by atoms with Gasteiger partial charge in [-0.05, 0) is 38.5 Å². The Hall–Kier alpha value is -2.22. The first-order valence-electron chi connectivity index (χ1n) is 8.17. The van der Waals surface area contributed by atoms with Crippen molar-refractivity contribution < 1.29 is 34.0 Å². The first kappa shape index (κ1) is 25.0. The predicted molar refractivity (Wildman–Crippen MR) is 92.5 cm³/mol. The number of hydrogen-bond donors (Lipinski definition) is 2. The van der Waals surface area contributed by atoms with Gasteiger partial charge < -0.3 is 24.4 Å². The van der Waals surface area contributed by atoms with Crippen molar-refractivity contribution in [1.82, 2.24) is 0 Å². The van der Waals surface area contributed by atoms with Crippen molar-refractivity contribution in [2.24, 2.45) is 0 Å². The summed E-state index contributed by atoms with van der Waals surface area (Å²) < 4.78 is 14.0. The molecular formula is C18H28O7. The molecule has 0 aromatic carbocycles. The molecule has 0 saturated carbocycles. The summed E-state index contributed by atoms with van der Waals surface area (Å²) in [5, 5.41) is 16.1. The Labute approximate surface area is 149 Å². The second-order valence-electron chi connectivity index (χ2n) is 4.96. The molecule has 0 radical (unpaired) electrons. The highest BCUT2D eigenvalue weighted by atomic mass is 16.8. The minimum absolute atomic E-state index is 0.180. The van der Waals surface area contributed by atoms with Crippen molar-refractivity contribution >= 4 is 12.3 Å². The molecule has 0 aromatic heterocycles. The van der Waals surface area contributed by atoms with Gasteiger partial charge in [-0.15, -0.1) is 0 Å². The smallest absolute Gasteiger partial charge is 0.431 e. The van der Waals surface area contributed by atoms with Crippen LogP contribution in [0.5, 0.6) is 0 Å². The minimum Gasteiger partial charge on any atom is -0.431 e. The SMILES string of the molecule is CCCC(C)OC(=O)OC(=O)OC(C)CCC.OCC#CC#CCO. The normalized spacial score (nSPS) is 11.1. The van der Waals surface area contributed by atoms with Crippen molar-refractivity contribution in [3.8, 4) is 23.7 Å². The van der Waals surface area contributed by atoms with E-state index in [0.29, 0.717) is 0 Å². The molecule has 2 unspecified atom stereocenters. The van der Waals surface area contributed by atoms with Crippen molar-refractivity contribution in [3.05, 3.63) is 0 Å². The fraction of sp³-hybridized carbons (Fsp3) is 0.667. The quantitative estimate of drug-likeness (QED) is 0.428. The maximum Gasteiger partial charge on any atom is 0.518 e. The van der Waals surface area contributed by atoms with Gasteiger partial charge in [0.2, 0.25) is 0 Å². The number of carbonyl (C=O) groups excluding carboxylic acids is 2. The van der Waals surface area contributed by atoms with Gasteiger partial charge in [0.05, 0.1) is 0 Å². The standard InChI is InChI=1S/C12H22O5.C6H6O2/c1-5-7-9(3)15-11(13)17-12(14)16-10(4)8-6-2;7-5-3-1-2-4-6-8/h9-10H,5-8H2,1-4H3;7-8H,5-6H2. The van der Waals surface area contributed by atoms with Crippen LogP contribution in [-0.2, 0) is 14.2 Å². The van der Waals surface area contributed by atoms with Crippen LogP contribution in [0.25, 0.3) is 0 Å². The summed E-state index contributed by atoms with van der Waals surface area (Å²) in [6.45, 7) is 7.09. The Balaban J connectivity index is 0. The maximum absolute atomic E-state index is 11.1. The van der Waals surface area contributed by atoms with Crippen LogP contribution in [0.3, 0.4) is 0 Å². The van der Waals surface area contributed by atoms with Crippen LogP contribution >= 0.6 is 0 Å². The Bertz CT molecular complexity index is 435. The second-order valence-corrected chi connectivity index (χ2v) is 4.96. The van der Waals surface area contributed by atoms with Gasteiger partial charge in [0.1, 0.15) is 25.4 Å². The van der Waals surface area contributed by atoms with E-state index in [-0.39, 0.29) is 25.4 Å². The summed E-state index contributed by atoms with van der Waals surface area (Å²) in [6.07, 6.45) is 0.743. The number of aliphatic hydroxyl groups is 2.